The van der Waals surface area contributed by atoms with Crippen molar-refractivity contribution < 1.29 is 23.1 Å². The first kappa shape index (κ1) is 11.8. The Kier molecular flexibility index (Phi) is 3.18. The fraction of sp³-hybridized carbons (Fsp3) is 0.444. The number of carbonyl (C=O) groups is 1. The summed E-state index contributed by atoms with van der Waals surface area (Å²) >= 11 is 0. The molecule has 15 heavy (non-hydrogen) atoms. The number of carboxylic acid groups (broad SMARTS) is 1. The molecule has 6 heteroatoms. The molecule has 0 aliphatic heterocycles. The Hall–Kier alpha value is -1.30. The van der Waals surface area contributed by atoms with Crippen LogP contribution in [0.5, 0.6) is 0 Å². The van der Waals surface area contributed by atoms with E-state index in [-0.39, 0.29) is 0 Å². The number of nitrogens with two attached hydrogens (primary N) is 1. The SMILES string of the molecule is NC(CC(=O)O)C1(F)C=CC(F)=C(F)C1. The maximum absolute atomic E-state index is 13.8. The van der Waals surface area contributed by atoms with Gasteiger partial charge in [-0.15, -0.1) is 0 Å². The summed E-state index contributed by atoms with van der Waals surface area (Å²) in [5.41, 5.74) is 2.94. The molecule has 0 saturated heterocycles. The van der Waals surface area contributed by atoms with E-state index in [1.807, 2.05) is 0 Å². The maximum atomic E-state index is 13.8. The second kappa shape index (κ2) is 4.06. The second-order valence-electron chi connectivity index (χ2n) is 3.39. The Morgan fingerprint density at radius 2 is 2.27 bits per heavy atom. The van der Waals surface area contributed by atoms with E-state index in [0.717, 1.165) is 6.08 Å². The zero-order chi connectivity index (χ0) is 11.6. The number of halogens is 3. The van der Waals surface area contributed by atoms with Crippen molar-refractivity contribution in [1.29, 1.82) is 0 Å². The molecule has 2 unspecified atom stereocenters. The zero-order valence-electron chi connectivity index (χ0n) is 7.71. The Labute approximate surface area is 84.1 Å². The molecule has 0 bridgehead atoms. The van der Waals surface area contributed by atoms with Crippen molar-refractivity contribution in [1.82, 2.24) is 0 Å². The highest BCUT2D eigenvalue weighted by Crippen LogP contribution is 2.34. The molecule has 0 aromatic rings. The van der Waals surface area contributed by atoms with Gasteiger partial charge in [0.25, 0.3) is 0 Å². The van der Waals surface area contributed by atoms with Crippen LogP contribution in [0, 0.1) is 0 Å². The van der Waals surface area contributed by atoms with E-state index >= 15 is 0 Å². The second-order valence-corrected chi connectivity index (χ2v) is 3.39. The summed E-state index contributed by atoms with van der Waals surface area (Å²) in [5, 5.41) is 8.40. The van der Waals surface area contributed by atoms with E-state index in [0.29, 0.717) is 6.08 Å². The lowest BCUT2D eigenvalue weighted by Gasteiger charge is -2.28. The first-order valence-corrected chi connectivity index (χ1v) is 4.25. The molecule has 0 radical (unpaired) electrons. The van der Waals surface area contributed by atoms with Crippen molar-refractivity contribution in [3.63, 3.8) is 0 Å². The molecule has 1 rings (SSSR count). The highest BCUT2D eigenvalue weighted by molar-refractivity contribution is 5.68. The van der Waals surface area contributed by atoms with Gasteiger partial charge in [0.2, 0.25) is 0 Å². The quantitative estimate of drug-likeness (QED) is 0.760. The lowest BCUT2D eigenvalue weighted by molar-refractivity contribution is -0.138. The predicted molar refractivity (Wildman–Crippen MR) is 47.1 cm³/mol. The fourth-order valence-corrected chi connectivity index (χ4v) is 1.30. The first-order valence-electron chi connectivity index (χ1n) is 4.25. The Morgan fingerprint density at radius 1 is 1.67 bits per heavy atom. The number of rotatable bonds is 3. The average Bonchev–Trinajstić information content (AvgIpc) is 2.11. The molecule has 0 heterocycles. The molecular formula is C9H10F3NO2. The fourth-order valence-electron chi connectivity index (χ4n) is 1.30. The van der Waals surface area contributed by atoms with Crippen molar-refractivity contribution in [2.24, 2.45) is 5.73 Å². The van der Waals surface area contributed by atoms with E-state index in [1.54, 1.807) is 0 Å². The monoisotopic (exact) mass is 221 g/mol. The van der Waals surface area contributed by atoms with Gasteiger partial charge in [-0.1, -0.05) is 0 Å². The summed E-state index contributed by atoms with van der Waals surface area (Å²) in [6.45, 7) is 0. The minimum Gasteiger partial charge on any atom is -0.481 e. The molecule has 0 spiro atoms. The molecule has 0 fully saturated rings. The van der Waals surface area contributed by atoms with Crippen LogP contribution < -0.4 is 5.73 Å². The standard InChI is InChI=1S/C9H10F3NO2/c10-5-1-2-9(12,4-6(5)11)7(13)3-8(14)15/h1-2,7H,3-4,13H2,(H,14,15). The van der Waals surface area contributed by atoms with Gasteiger partial charge in [-0.25, -0.2) is 13.2 Å². The number of aliphatic carboxylic acids is 1. The van der Waals surface area contributed by atoms with Gasteiger partial charge in [-0.2, -0.15) is 0 Å². The van der Waals surface area contributed by atoms with Crippen molar-refractivity contribution in [2.45, 2.75) is 24.6 Å². The molecule has 3 N–H and O–H groups in total. The van der Waals surface area contributed by atoms with Crippen LogP contribution in [0.4, 0.5) is 13.2 Å². The minimum atomic E-state index is -2.34. The van der Waals surface area contributed by atoms with Gasteiger partial charge in [0, 0.05) is 6.42 Å². The molecule has 0 aromatic heterocycles. The average molecular weight is 221 g/mol. The van der Waals surface area contributed by atoms with Crippen LogP contribution in [0.15, 0.2) is 23.8 Å². The van der Waals surface area contributed by atoms with Crippen LogP contribution in [-0.4, -0.2) is 22.8 Å². The van der Waals surface area contributed by atoms with E-state index in [9.17, 15) is 18.0 Å². The Bertz CT molecular complexity index is 340. The van der Waals surface area contributed by atoms with Crippen LogP contribution in [-0.2, 0) is 4.79 Å². The molecule has 84 valence electrons. The molecule has 0 saturated carbocycles. The molecule has 0 aromatic carbocycles. The summed E-state index contributed by atoms with van der Waals surface area (Å²) in [5.74, 6) is -3.69. The highest BCUT2D eigenvalue weighted by Gasteiger charge is 2.39. The van der Waals surface area contributed by atoms with E-state index in [1.165, 1.54) is 0 Å². The van der Waals surface area contributed by atoms with Crippen molar-refractivity contribution >= 4 is 5.97 Å². The largest absolute Gasteiger partial charge is 0.481 e. The van der Waals surface area contributed by atoms with Gasteiger partial charge in [0.1, 0.15) is 5.83 Å². The molecule has 0 amide bonds. The Balaban J connectivity index is 2.79. The van der Waals surface area contributed by atoms with E-state index < -0.39 is 42.2 Å². The summed E-state index contributed by atoms with van der Waals surface area (Å²) < 4.78 is 39.2. The number of alkyl halides is 1. The van der Waals surface area contributed by atoms with Crippen molar-refractivity contribution in [2.75, 3.05) is 0 Å². The van der Waals surface area contributed by atoms with Gasteiger partial charge in [0.05, 0.1) is 12.5 Å². The molecule has 3 nitrogen and oxygen atoms in total. The number of hydrogen-bond donors (Lipinski definition) is 2. The van der Waals surface area contributed by atoms with Gasteiger partial charge in [0.15, 0.2) is 11.5 Å². The summed E-state index contributed by atoms with van der Waals surface area (Å²) in [6.07, 6.45) is -0.112. The lowest BCUT2D eigenvalue weighted by atomic mass is 9.87. The molecule has 2 atom stereocenters. The van der Waals surface area contributed by atoms with E-state index in [4.69, 9.17) is 10.8 Å². The maximum Gasteiger partial charge on any atom is 0.305 e. The molecule has 1 aliphatic carbocycles. The van der Waals surface area contributed by atoms with Crippen molar-refractivity contribution in [3.8, 4) is 0 Å². The van der Waals surface area contributed by atoms with Crippen LogP contribution >= 0.6 is 0 Å². The van der Waals surface area contributed by atoms with Crippen LogP contribution in [0.2, 0.25) is 0 Å². The number of hydrogen-bond acceptors (Lipinski definition) is 2. The molecule has 1 aliphatic rings. The van der Waals surface area contributed by atoms with Crippen molar-refractivity contribution in [3.05, 3.63) is 23.8 Å². The summed E-state index contributed by atoms with van der Waals surface area (Å²) in [6, 6.07) is -1.40. The lowest BCUT2D eigenvalue weighted by Crippen LogP contribution is -2.45. The van der Waals surface area contributed by atoms with Gasteiger partial charge in [-0.3, -0.25) is 4.79 Å². The van der Waals surface area contributed by atoms with Crippen LogP contribution in [0.25, 0.3) is 0 Å². The topological polar surface area (TPSA) is 63.3 Å². The zero-order valence-corrected chi connectivity index (χ0v) is 7.71. The summed E-state index contributed by atoms with van der Waals surface area (Å²) in [4.78, 5) is 10.3. The number of allylic oxidation sites excluding steroid dienone is 3. The highest BCUT2D eigenvalue weighted by atomic mass is 19.2. The van der Waals surface area contributed by atoms with Gasteiger partial charge < -0.3 is 10.8 Å². The van der Waals surface area contributed by atoms with E-state index in [2.05, 4.69) is 0 Å². The third kappa shape index (κ3) is 2.59. The van der Waals surface area contributed by atoms with Crippen LogP contribution in [0.1, 0.15) is 12.8 Å². The third-order valence-electron chi connectivity index (χ3n) is 2.20. The van der Waals surface area contributed by atoms with Crippen LogP contribution in [0.3, 0.4) is 0 Å². The first-order chi connectivity index (χ1) is 6.85. The minimum absolute atomic E-state index is 0.626. The summed E-state index contributed by atoms with van der Waals surface area (Å²) in [7, 11) is 0. The smallest absolute Gasteiger partial charge is 0.305 e. The Morgan fingerprint density at radius 3 is 2.73 bits per heavy atom. The number of carboxylic acids is 1. The van der Waals surface area contributed by atoms with Gasteiger partial charge in [-0.05, 0) is 12.2 Å². The van der Waals surface area contributed by atoms with Gasteiger partial charge >= 0.3 is 5.97 Å². The third-order valence-corrected chi connectivity index (χ3v) is 2.20. The predicted octanol–water partition coefficient (Wildman–Crippen LogP) is 1.61. The normalized spacial score (nSPS) is 28.0. The molecular weight excluding hydrogens is 211 g/mol.